The second-order valence-electron chi connectivity index (χ2n) is 7.72. The molecule has 0 aliphatic carbocycles. The number of fused-ring (bicyclic) bond motifs is 1. The van der Waals surface area contributed by atoms with Crippen molar-refractivity contribution in [2.45, 2.75) is 26.7 Å². The van der Waals surface area contributed by atoms with Gasteiger partial charge in [-0.05, 0) is 31.0 Å². The molecule has 2 aromatic heterocycles. The van der Waals surface area contributed by atoms with Crippen LogP contribution in [-0.2, 0) is 0 Å². The maximum absolute atomic E-state index is 14.0. The minimum Gasteiger partial charge on any atom is -0.367 e. The van der Waals surface area contributed by atoms with E-state index in [1.807, 2.05) is 30.9 Å². The lowest BCUT2D eigenvalue weighted by molar-refractivity contribution is 0.0748. The number of amides is 1. The molecule has 3 aromatic rings. The van der Waals surface area contributed by atoms with Crippen LogP contribution in [0.2, 0.25) is 0 Å². The number of nitriles is 1. The zero-order valence-corrected chi connectivity index (χ0v) is 17.1. The molecule has 1 aliphatic rings. The molecule has 0 bridgehead atoms. The molecule has 1 saturated heterocycles. The maximum Gasteiger partial charge on any atom is 0.259 e. The van der Waals surface area contributed by atoms with Crippen LogP contribution in [0.25, 0.3) is 11.1 Å². The predicted molar refractivity (Wildman–Crippen MR) is 110 cm³/mol. The van der Waals surface area contributed by atoms with Crippen LogP contribution in [-0.4, -0.2) is 47.1 Å². The number of pyridine rings is 1. The van der Waals surface area contributed by atoms with Gasteiger partial charge in [0, 0.05) is 31.9 Å². The van der Waals surface area contributed by atoms with E-state index in [2.05, 4.69) is 10.1 Å². The summed E-state index contributed by atoms with van der Waals surface area (Å²) >= 11 is 0. The molecular weight excluding hydrogens is 385 g/mol. The molecule has 8 heteroatoms. The molecule has 7 nitrogen and oxygen atoms in total. The number of rotatable bonds is 3. The van der Waals surface area contributed by atoms with E-state index in [-0.39, 0.29) is 17.4 Å². The quantitative estimate of drug-likeness (QED) is 0.659. The molecular formula is C22H22FN5O2. The van der Waals surface area contributed by atoms with Gasteiger partial charge in [-0.15, -0.1) is 0 Å². The van der Waals surface area contributed by atoms with Crippen molar-refractivity contribution < 1.29 is 13.7 Å². The van der Waals surface area contributed by atoms with E-state index in [1.165, 1.54) is 6.07 Å². The molecule has 1 amide bonds. The topological polar surface area (TPSA) is 86.3 Å². The summed E-state index contributed by atoms with van der Waals surface area (Å²) in [5.41, 5.74) is 2.92. The van der Waals surface area contributed by atoms with Crippen molar-refractivity contribution in [1.82, 2.24) is 15.0 Å². The molecule has 4 rings (SSSR count). The Balaban J connectivity index is 1.59. The molecule has 1 fully saturated rings. The van der Waals surface area contributed by atoms with Gasteiger partial charge in [-0.25, -0.2) is 9.37 Å². The SMILES string of the molecule is Cc1noc2nc(C(C)C)cc(C(=O)N3CCN(c4cccc(F)c4C#N)CC3)c12. The van der Waals surface area contributed by atoms with Gasteiger partial charge >= 0.3 is 0 Å². The Hall–Kier alpha value is -3.47. The van der Waals surface area contributed by atoms with Crippen molar-refractivity contribution in [2.24, 2.45) is 0 Å². The lowest BCUT2D eigenvalue weighted by Gasteiger charge is -2.36. The molecule has 0 unspecified atom stereocenters. The van der Waals surface area contributed by atoms with Gasteiger partial charge in [0.15, 0.2) is 0 Å². The van der Waals surface area contributed by atoms with Gasteiger partial charge in [0.05, 0.1) is 22.3 Å². The van der Waals surface area contributed by atoms with Gasteiger partial charge < -0.3 is 14.3 Å². The number of anilines is 1. The van der Waals surface area contributed by atoms with Crippen LogP contribution in [0.1, 0.15) is 47.1 Å². The smallest absolute Gasteiger partial charge is 0.259 e. The van der Waals surface area contributed by atoms with Crippen molar-refractivity contribution >= 4 is 22.7 Å². The number of benzene rings is 1. The summed E-state index contributed by atoms with van der Waals surface area (Å²) in [5, 5.41) is 13.9. The Labute approximate surface area is 173 Å². The van der Waals surface area contributed by atoms with Gasteiger partial charge in [-0.1, -0.05) is 25.1 Å². The highest BCUT2D eigenvalue weighted by Crippen LogP contribution is 2.28. The molecule has 1 aliphatic heterocycles. The highest BCUT2D eigenvalue weighted by molar-refractivity contribution is 6.06. The van der Waals surface area contributed by atoms with Crippen LogP contribution in [0.4, 0.5) is 10.1 Å². The summed E-state index contributed by atoms with van der Waals surface area (Å²) in [7, 11) is 0. The highest BCUT2D eigenvalue weighted by atomic mass is 19.1. The molecule has 3 heterocycles. The summed E-state index contributed by atoms with van der Waals surface area (Å²) in [5.74, 6) is -0.493. The van der Waals surface area contributed by atoms with Crippen molar-refractivity contribution in [3.63, 3.8) is 0 Å². The lowest BCUT2D eigenvalue weighted by Crippen LogP contribution is -2.49. The Morgan fingerprint density at radius 3 is 2.67 bits per heavy atom. The minimum absolute atomic E-state index is 0.0368. The zero-order chi connectivity index (χ0) is 21.4. The summed E-state index contributed by atoms with van der Waals surface area (Å²) in [4.78, 5) is 21.6. The third-order valence-electron chi connectivity index (χ3n) is 5.47. The van der Waals surface area contributed by atoms with Crippen LogP contribution in [0.15, 0.2) is 28.8 Å². The molecule has 0 radical (unpaired) electrons. The number of aromatic nitrogens is 2. The van der Waals surface area contributed by atoms with E-state index in [4.69, 9.17) is 4.52 Å². The Bertz CT molecular complexity index is 1160. The maximum atomic E-state index is 14.0. The summed E-state index contributed by atoms with van der Waals surface area (Å²) < 4.78 is 19.3. The van der Waals surface area contributed by atoms with E-state index in [1.54, 1.807) is 24.0 Å². The summed E-state index contributed by atoms with van der Waals surface area (Å²) in [6.07, 6.45) is 0. The Morgan fingerprint density at radius 1 is 1.27 bits per heavy atom. The van der Waals surface area contributed by atoms with Crippen LogP contribution in [0.3, 0.4) is 0 Å². The first-order valence-electron chi connectivity index (χ1n) is 9.90. The molecule has 30 heavy (non-hydrogen) atoms. The van der Waals surface area contributed by atoms with Crippen LogP contribution < -0.4 is 4.90 Å². The molecule has 0 N–H and O–H groups in total. The Kier molecular flexibility index (Phi) is 5.12. The number of halogens is 1. The molecule has 1 aromatic carbocycles. The van der Waals surface area contributed by atoms with Crippen molar-refractivity contribution in [1.29, 1.82) is 5.26 Å². The molecule has 0 spiro atoms. The number of hydrogen-bond acceptors (Lipinski definition) is 6. The number of nitrogens with zero attached hydrogens (tertiary/aromatic N) is 5. The molecule has 0 atom stereocenters. The number of carbonyl (C=O) groups excluding carboxylic acids is 1. The van der Waals surface area contributed by atoms with Gasteiger partial charge in [-0.3, -0.25) is 4.79 Å². The van der Waals surface area contributed by atoms with Crippen LogP contribution in [0.5, 0.6) is 0 Å². The zero-order valence-electron chi connectivity index (χ0n) is 17.1. The standard InChI is InChI=1S/C22H22FN5O2/c1-13(2)18-11-15(20-14(3)26-30-21(20)25-18)22(29)28-9-7-27(8-10-28)19-6-4-5-17(23)16(19)12-24/h4-6,11,13H,7-10H2,1-3H3. The first-order chi connectivity index (χ1) is 14.4. The average molecular weight is 407 g/mol. The fourth-order valence-electron chi connectivity index (χ4n) is 3.79. The number of carbonyl (C=O) groups is 1. The summed E-state index contributed by atoms with van der Waals surface area (Å²) in [6.45, 7) is 7.77. The first-order valence-corrected chi connectivity index (χ1v) is 9.90. The van der Waals surface area contributed by atoms with Gasteiger partial charge in [0.25, 0.3) is 11.6 Å². The monoisotopic (exact) mass is 407 g/mol. The highest BCUT2D eigenvalue weighted by Gasteiger charge is 2.27. The van der Waals surface area contributed by atoms with Gasteiger partial charge in [-0.2, -0.15) is 5.26 Å². The second-order valence-corrected chi connectivity index (χ2v) is 7.72. The van der Waals surface area contributed by atoms with E-state index in [9.17, 15) is 14.4 Å². The van der Waals surface area contributed by atoms with E-state index in [0.29, 0.717) is 54.2 Å². The fourth-order valence-corrected chi connectivity index (χ4v) is 3.79. The van der Waals surface area contributed by atoms with Crippen molar-refractivity contribution in [3.05, 3.63) is 52.6 Å². The van der Waals surface area contributed by atoms with Gasteiger partial charge in [0.2, 0.25) is 0 Å². The normalized spacial score (nSPS) is 14.4. The van der Waals surface area contributed by atoms with Crippen LogP contribution in [0, 0.1) is 24.1 Å². The third-order valence-corrected chi connectivity index (χ3v) is 5.47. The van der Waals surface area contributed by atoms with Crippen molar-refractivity contribution in [3.8, 4) is 6.07 Å². The number of hydrogen-bond donors (Lipinski definition) is 0. The predicted octanol–water partition coefficient (Wildman–Crippen LogP) is 3.63. The molecule has 0 saturated carbocycles. The second kappa shape index (κ2) is 7.75. The first kappa shape index (κ1) is 19.8. The van der Waals surface area contributed by atoms with E-state index < -0.39 is 5.82 Å². The van der Waals surface area contributed by atoms with Crippen molar-refractivity contribution in [2.75, 3.05) is 31.1 Å². The summed E-state index contributed by atoms with van der Waals surface area (Å²) in [6, 6.07) is 8.38. The molecule has 154 valence electrons. The fraction of sp³-hybridized carbons (Fsp3) is 0.364. The number of aryl methyl sites for hydroxylation is 1. The Morgan fingerprint density at radius 2 is 2.00 bits per heavy atom. The average Bonchev–Trinajstić information content (AvgIpc) is 3.13. The number of piperazine rings is 1. The van der Waals surface area contributed by atoms with E-state index in [0.717, 1.165) is 5.69 Å². The minimum atomic E-state index is -0.531. The largest absolute Gasteiger partial charge is 0.367 e. The van der Waals surface area contributed by atoms with Crippen LogP contribution >= 0.6 is 0 Å². The van der Waals surface area contributed by atoms with Gasteiger partial charge in [0.1, 0.15) is 17.4 Å². The lowest BCUT2D eigenvalue weighted by atomic mass is 10.0. The third kappa shape index (κ3) is 3.36. The van der Waals surface area contributed by atoms with E-state index >= 15 is 0 Å².